The number of aromatic nitrogens is 2. The zero-order valence-corrected chi connectivity index (χ0v) is 20.0. The van der Waals surface area contributed by atoms with Gasteiger partial charge < -0.3 is 20.4 Å². The molecule has 4 amide bonds. The van der Waals surface area contributed by atoms with Crippen molar-refractivity contribution < 1.29 is 31.9 Å². The predicted molar refractivity (Wildman–Crippen MR) is 133 cm³/mol. The number of hydrogen-bond acceptors (Lipinski definition) is 4. The van der Waals surface area contributed by atoms with Gasteiger partial charge in [0.25, 0.3) is 0 Å². The second-order valence-corrected chi connectivity index (χ2v) is 7.75. The van der Waals surface area contributed by atoms with Crippen molar-refractivity contribution in [1.29, 1.82) is 0 Å². The van der Waals surface area contributed by atoms with Gasteiger partial charge in [0.15, 0.2) is 0 Å². The second-order valence-electron chi connectivity index (χ2n) is 7.21. The van der Waals surface area contributed by atoms with Crippen LogP contribution in [0.15, 0.2) is 60.7 Å². The standard InChI is InChI=1S/C22H15F4IN6O3/c23-15-7-1-11(22(24,25)26)9-17(15)31-20(34)28-12-2-4-13(5-3-12)36-14-6-8-16-18(10-14)30-19(29-16)32-21(35)33-27/h1-10H,(H2,28,31,34)(H3,29,30,32,33,35). The van der Waals surface area contributed by atoms with E-state index in [-0.39, 0.29) is 5.95 Å². The molecule has 5 N–H and O–H groups in total. The van der Waals surface area contributed by atoms with Crippen LogP contribution in [0.2, 0.25) is 0 Å². The van der Waals surface area contributed by atoms with Crippen molar-refractivity contribution in [3.05, 3.63) is 72.0 Å². The van der Waals surface area contributed by atoms with Crippen LogP contribution in [0.5, 0.6) is 11.5 Å². The number of fused-ring (bicyclic) bond motifs is 1. The lowest BCUT2D eigenvalue weighted by atomic mass is 10.2. The summed E-state index contributed by atoms with van der Waals surface area (Å²) in [5.74, 6) is 0.142. The molecule has 0 aliphatic rings. The average molecular weight is 614 g/mol. The maximum Gasteiger partial charge on any atom is 0.416 e. The summed E-state index contributed by atoms with van der Waals surface area (Å²) in [6.45, 7) is 0. The molecule has 0 fully saturated rings. The summed E-state index contributed by atoms with van der Waals surface area (Å²) in [5, 5.41) is 7.00. The maximum atomic E-state index is 13.8. The minimum absolute atomic E-state index is 0.259. The molecule has 0 aliphatic carbocycles. The minimum atomic E-state index is -4.68. The molecule has 0 aliphatic heterocycles. The van der Waals surface area contributed by atoms with E-state index < -0.39 is 35.3 Å². The second kappa shape index (κ2) is 10.3. The summed E-state index contributed by atoms with van der Waals surface area (Å²) in [5.41, 5.74) is -0.181. The SMILES string of the molecule is O=C(NI)Nc1nc2ccc(Oc3ccc(NC(=O)Nc4cc(C(F)(F)F)ccc4F)cc3)cc2[nH]1. The van der Waals surface area contributed by atoms with Crippen molar-refractivity contribution >= 4 is 63.3 Å². The van der Waals surface area contributed by atoms with Crippen LogP contribution < -0.4 is 24.2 Å². The van der Waals surface area contributed by atoms with Crippen LogP contribution in [0.4, 0.5) is 44.5 Å². The Morgan fingerprint density at radius 1 is 0.889 bits per heavy atom. The molecule has 0 atom stereocenters. The van der Waals surface area contributed by atoms with Crippen molar-refractivity contribution in [2.45, 2.75) is 6.18 Å². The van der Waals surface area contributed by atoms with E-state index in [1.165, 1.54) is 12.1 Å². The van der Waals surface area contributed by atoms with E-state index in [0.717, 1.165) is 0 Å². The van der Waals surface area contributed by atoms with E-state index in [0.29, 0.717) is 46.4 Å². The summed E-state index contributed by atoms with van der Waals surface area (Å²) in [6, 6.07) is 11.5. The molecule has 0 radical (unpaired) electrons. The van der Waals surface area contributed by atoms with Crippen LogP contribution >= 0.6 is 22.9 Å². The van der Waals surface area contributed by atoms with Gasteiger partial charge in [0.1, 0.15) is 17.3 Å². The highest BCUT2D eigenvalue weighted by molar-refractivity contribution is 14.1. The quantitative estimate of drug-likeness (QED) is 0.0985. The Kier molecular flexibility index (Phi) is 7.14. The van der Waals surface area contributed by atoms with E-state index in [1.54, 1.807) is 53.2 Å². The molecule has 14 heteroatoms. The van der Waals surface area contributed by atoms with Crippen LogP contribution in [0, 0.1) is 5.82 Å². The fourth-order valence-electron chi connectivity index (χ4n) is 3.07. The molecule has 1 aromatic heterocycles. The van der Waals surface area contributed by atoms with Gasteiger partial charge in [-0.1, -0.05) is 0 Å². The minimum Gasteiger partial charge on any atom is -0.457 e. The number of amides is 4. The lowest BCUT2D eigenvalue weighted by molar-refractivity contribution is -0.137. The molecule has 0 unspecified atom stereocenters. The number of anilines is 3. The van der Waals surface area contributed by atoms with E-state index in [1.807, 2.05) is 0 Å². The average Bonchev–Trinajstić information content (AvgIpc) is 3.22. The first kappa shape index (κ1) is 25.0. The third-order valence-corrected chi connectivity index (χ3v) is 5.15. The normalized spacial score (nSPS) is 11.1. The summed E-state index contributed by atoms with van der Waals surface area (Å²) >= 11 is 1.69. The lowest BCUT2D eigenvalue weighted by Gasteiger charge is -2.12. The topological polar surface area (TPSA) is 120 Å². The number of nitrogens with zero attached hydrogens (tertiary/aromatic N) is 1. The molecule has 0 bridgehead atoms. The number of benzene rings is 3. The molecule has 0 saturated carbocycles. The van der Waals surface area contributed by atoms with Crippen LogP contribution in [0.25, 0.3) is 11.0 Å². The first-order valence-corrected chi connectivity index (χ1v) is 11.1. The number of ether oxygens (including phenoxy) is 1. The molecule has 36 heavy (non-hydrogen) atoms. The van der Waals surface area contributed by atoms with Gasteiger partial charge in [-0.2, -0.15) is 13.2 Å². The van der Waals surface area contributed by atoms with Gasteiger partial charge in [0, 0.05) is 11.8 Å². The Balaban J connectivity index is 1.39. The predicted octanol–water partition coefficient (Wildman–Crippen LogP) is 6.63. The number of aromatic amines is 1. The molecule has 186 valence electrons. The van der Waals surface area contributed by atoms with E-state index in [2.05, 4.69) is 29.4 Å². The smallest absolute Gasteiger partial charge is 0.416 e. The van der Waals surface area contributed by atoms with Crippen LogP contribution in [0.3, 0.4) is 0 Å². The number of carbonyl (C=O) groups is 2. The molecule has 4 rings (SSSR count). The van der Waals surface area contributed by atoms with Gasteiger partial charge in [-0.25, -0.2) is 19.0 Å². The highest BCUT2D eigenvalue weighted by atomic mass is 127. The van der Waals surface area contributed by atoms with Gasteiger partial charge in [-0.3, -0.25) is 8.85 Å². The lowest BCUT2D eigenvalue weighted by Crippen LogP contribution is -2.20. The highest BCUT2D eigenvalue weighted by Crippen LogP contribution is 2.32. The largest absolute Gasteiger partial charge is 0.457 e. The van der Waals surface area contributed by atoms with Crippen molar-refractivity contribution in [1.82, 2.24) is 13.5 Å². The summed E-state index contributed by atoms with van der Waals surface area (Å²) in [7, 11) is 0. The molecule has 1 heterocycles. The molecule has 0 spiro atoms. The van der Waals surface area contributed by atoms with Gasteiger partial charge >= 0.3 is 18.2 Å². The highest BCUT2D eigenvalue weighted by Gasteiger charge is 2.31. The Morgan fingerprint density at radius 2 is 1.61 bits per heavy atom. The number of halogens is 5. The van der Waals surface area contributed by atoms with Crippen LogP contribution in [0.1, 0.15) is 5.56 Å². The monoisotopic (exact) mass is 614 g/mol. The number of rotatable bonds is 5. The third kappa shape index (κ3) is 6.12. The third-order valence-electron chi connectivity index (χ3n) is 4.66. The summed E-state index contributed by atoms with van der Waals surface area (Å²) < 4.78 is 60.5. The van der Waals surface area contributed by atoms with Crippen molar-refractivity contribution in [2.75, 3.05) is 16.0 Å². The molecule has 0 saturated heterocycles. The van der Waals surface area contributed by atoms with Crippen molar-refractivity contribution in [2.24, 2.45) is 0 Å². The Hall–Kier alpha value is -4.08. The molecular formula is C22H15F4IN6O3. The van der Waals surface area contributed by atoms with E-state index in [4.69, 9.17) is 4.74 Å². The number of nitrogens with one attached hydrogen (secondary N) is 5. The fraction of sp³-hybridized carbons (Fsp3) is 0.0455. The number of hydrogen-bond donors (Lipinski definition) is 5. The Morgan fingerprint density at radius 3 is 2.31 bits per heavy atom. The van der Waals surface area contributed by atoms with Crippen LogP contribution in [-0.4, -0.2) is 22.0 Å². The van der Waals surface area contributed by atoms with Gasteiger partial charge in [-0.05, 0) is 54.6 Å². The molecule has 9 nitrogen and oxygen atoms in total. The zero-order chi connectivity index (χ0) is 25.9. The van der Waals surface area contributed by atoms with Crippen LogP contribution in [-0.2, 0) is 6.18 Å². The first-order chi connectivity index (χ1) is 17.1. The molecular weight excluding hydrogens is 599 g/mol. The number of imidazole rings is 1. The van der Waals surface area contributed by atoms with Gasteiger partial charge in [0.05, 0.1) is 45.1 Å². The Bertz CT molecular complexity index is 1430. The number of H-pyrrole nitrogens is 1. The zero-order valence-electron chi connectivity index (χ0n) is 17.8. The van der Waals surface area contributed by atoms with Gasteiger partial charge in [0.2, 0.25) is 5.95 Å². The molecule has 3 aromatic carbocycles. The maximum absolute atomic E-state index is 13.8. The first-order valence-electron chi connectivity index (χ1n) is 10.0. The van der Waals surface area contributed by atoms with Crippen molar-refractivity contribution in [3.8, 4) is 11.5 Å². The summed E-state index contributed by atoms with van der Waals surface area (Å²) in [6.07, 6.45) is -4.68. The fourth-order valence-corrected chi connectivity index (χ4v) is 3.20. The number of urea groups is 2. The van der Waals surface area contributed by atoms with Gasteiger partial charge in [-0.15, -0.1) is 0 Å². The number of carbonyl (C=O) groups excluding carboxylic acids is 2. The number of alkyl halides is 3. The van der Waals surface area contributed by atoms with Crippen molar-refractivity contribution in [3.63, 3.8) is 0 Å². The van der Waals surface area contributed by atoms with E-state index in [9.17, 15) is 27.2 Å². The molecule has 4 aromatic rings. The van der Waals surface area contributed by atoms with E-state index >= 15 is 0 Å². The Labute approximate surface area is 214 Å². The summed E-state index contributed by atoms with van der Waals surface area (Å²) in [4.78, 5) is 30.7.